The fraction of sp³-hybridized carbons (Fsp3) is 0.292. The molecule has 0 bridgehead atoms. The van der Waals surface area contributed by atoms with Gasteiger partial charge >= 0.3 is 0 Å². The van der Waals surface area contributed by atoms with Crippen LogP contribution in [0.2, 0.25) is 0 Å². The molecule has 3 rings (SSSR count). The van der Waals surface area contributed by atoms with Gasteiger partial charge in [-0.3, -0.25) is 9.69 Å². The van der Waals surface area contributed by atoms with Gasteiger partial charge in [-0.05, 0) is 59.3 Å². The molecule has 5 nitrogen and oxygen atoms in total. The van der Waals surface area contributed by atoms with Gasteiger partial charge in [0.05, 0.1) is 20.8 Å². The van der Waals surface area contributed by atoms with Gasteiger partial charge in [0.15, 0.2) is 0 Å². The maximum Gasteiger partial charge on any atom is 0.236 e. The lowest BCUT2D eigenvalue weighted by atomic mass is 10.1. The average molecular weight is 392 g/mol. The molecule has 0 saturated carbocycles. The van der Waals surface area contributed by atoms with Gasteiger partial charge in [-0.15, -0.1) is 0 Å². The second kappa shape index (κ2) is 9.43. The smallest absolute Gasteiger partial charge is 0.236 e. The normalized spacial score (nSPS) is 10.9. The van der Waals surface area contributed by atoms with Crippen LogP contribution in [0.15, 0.2) is 60.7 Å². The molecule has 0 aliphatic heterocycles. The van der Waals surface area contributed by atoms with E-state index in [0.717, 1.165) is 33.4 Å². The molecule has 1 amide bonds. The van der Waals surface area contributed by atoms with E-state index in [1.165, 1.54) is 0 Å². The largest absolute Gasteiger partial charge is 0.497 e. The second-order valence-electron chi connectivity index (χ2n) is 7.32. The first kappa shape index (κ1) is 20.7. The molecule has 0 saturated heterocycles. The zero-order valence-corrected chi connectivity index (χ0v) is 17.5. The molecule has 0 fully saturated rings. The molecule has 0 atom stereocenters. The predicted octanol–water partition coefficient (Wildman–Crippen LogP) is 3.95. The number of amides is 1. The first-order chi connectivity index (χ1) is 14.0. The highest BCUT2D eigenvalue weighted by atomic mass is 16.5. The van der Waals surface area contributed by atoms with E-state index in [2.05, 4.69) is 18.2 Å². The summed E-state index contributed by atoms with van der Waals surface area (Å²) in [5.41, 5.74) is 2.22. The van der Waals surface area contributed by atoms with Crippen LogP contribution >= 0.6 is 0 Å². The first-order valence-electron chi connectivity index (χ1n) is 9.60. The van der Waals surface area contributed by atoms with Crippen molar-refractivity contribution in [2.75, 3.05) is 34.9 Å². The Hall–Kier alpha value is -3.05. The quantitative estimate of drug-likeness (QED) is 0.582. The van der Waals surface area contributed by atoms with Crippen molar-refractivity contribution >= 4 is 16.7 Å². The van der Waals surface area contributed by atoms with Crippen molar-refractivity contribution in [2.45, 2.75) is 13.1 Å². The minimum Gasteiger partial charge on any atom is -0.497 e. The van der Waals surface area contributed by atoms with Gasteiger partial charge in [0.1, 0.15) is 11.5 Å². The van der Waals surface area contributed by atoms with Gasteiger partial charge in [0, 0.05) is 20.1 Å². The number of ether oxygens (including phenoxy) is 2. The van der Waals surface area contributed by atoms with Crippen molar-refractivity contribution in [1.29, 1.82) is 0 Å². The highest BCUT2D eigenvalue weighted by Crippen LogP contribution is 2.22. The number of hydrogen-bond donors (Lipinski definition) is 0. The molecular formula is C24H28N2O3. The van der Waals surface area contributed by atoms with E-state index in [4.69, 9.17) is 9.47 Å². The van der Waals surface area contributed by atoms with Crippen LogP contribution in [0.5, 0.6) is 11.5 Å². The number of carbonyl (C=O) groups is 1. The Morgan fingerprint density at radius 3 is 2.21 bits per heavy atom. The van der Waals surface area contributed by atoms with Crippen LogP contribution in [0.4, 0.5) is 0 Å². The minimum atomic E-state index is 0.0882. The van der Waals surface area contributed by atoms with Crippen LogP contribution in [0.25, 0.3) is 10.8 Å². The van der Waals surface area contributed by atoms with Gasteiger partial charge in [-0.1, -0.05) is 30.3 Å². The monoisotopic (exact) mass is 392 g/mol. The molecule has 0 radical (unpaired) electrons. The van der Waals surface area contributed by atoms with Crippen molar-refractivity contribution in [3.05, 3.63) is 71.8 Å². The molecule has 0 heterocycles. The second-order valence-corrected chi connectivity index (χ2v) is 7.32. The third-order valence-electron chi connectivity index (χ3n) is 4.95. The number of hydrogen-bond acceptors (Lipinski definition) is 4. The Balaban J connectivity index is 1.58. The van der Waals surface area contributed by atoms with Gasteiger partial charge < -0.3 is 14.4 Å². The van der Waals surface area contributed by atoms with E-state index in [1.54, 1.807) is 19.1 Å². The van der Waals surface area contributed by atoms with Crippen LogP contribution < -0.4 is 9.47 Å². The van der Waals surface area contributed by atoms with Crippen molar-refractivity contribution in [1.82, 2.24) is 9.80 Å². The molecule has 0 unspecified atom stereocenters. The third kappa shape index (κ3) is 5.48. The van der Waals surface area contributed by atoms with E-state index in [-0.39, 0.29) is 5.91 Å². The summed E-state index contributed by atoms with van der Waals surface area (Å²) >= 11 is 0. The topological polar surface area (TPSA) is 42.0 Å². The molecule has 29 heavy (non-hydrogen) atoms. The molecule has 3 aromatic rings. The molecule has 0 N–H and O–H groups in total. The fourth-order valence-electron chi connectivity index (χ4n) is 3.35. The summed E-state index contributed by atoms with van der Waals surface area (Å²) in [5.74, 6) is 1.76. The Bertz CT molecular complexity index is 987. The van der Waals surface area contributed by atoms with Crippen LogP contribution in [0, 0.1) is 0 Å². The maximum absolute atomic E-state index is 12.7. The molecular weight excluding hydrogens is 364 g/mol. The van der Waals surface area contributed by atoms with Crippen molar-refractivity contribution in [3.8, 4) is 11.5 Å². The third-order valence-corrected chi connectivity index (χ3v) is 4.95. The van der Waals surface area contributed by atoms with E-state index in [9.17, 15) is 4.79 Å². The zero-order chi connectivity index (χ0) is 20.8. The average Bonchev–Trinajstić information content (AvgIpc) is 2.73. The van der Waals surface area contributed by atoms with Crippen molar-refractivity contribution in [3.63, 3.8) is 0 Å². The summed E-state index contributed by atoms with van der Waals surface area (Å²) in [6, 6.07) is 20.2. The Kier molecular flexibility index (Phi) is 6.73. The molecule has 152 valence electrons. The standard InChI is InChI=1S/C24H28N2O3/c1-25(15-18-6-5-7-22(13-18)28-3)17-24(27)26(2)16-19-8-9-21-14-23(29-4)11-10-20(21)12-19/h5-14H,15-17H2,1-4H3. The number of nitrogens with zero attached hydrogens (tertiary/aromatic N) is 2. The number of methoxy groups -OCH3 is 2. The summed E-state index contributed by atoms with van der Waals surface area (Å²) < 4.78 is 10.5. The van der Waals surface area contributed by atoms with Gasteiger partial charge in [0.2, 0.25) is 5.91 Å². The number of benzene rings is 3. The SMILES string of the molecule is COc1cccc(CN(C)CC(=O)N(C)Cc2ccc3cc(OC)ccc3c2)c1. The molecule has 3 aromatic carbocycles. The fourth-order valence-corrected chi connectivity index (χ4v) is 3.35. The van der Waals surface area contributed by atoms with Crippen molar-refractivity contribution < 1.29 is 14.3 Å². The lowest BCUT2D eigenvalue weighted by Gasteiger charge is -2.22. The molecule has 0 spiro atoms. The van der Waals surface area contributed by atoms with Crippen LogP contribution in [-0.2, 0) is 17.9 Å². The van der Waals surface area contributed by atoms with E-state index >= 15 is 0 Å². The summed E-state index contributed by atoms with van der Waals surface area (Å²) in [5, 5.41) is 2.26. The predicted molar refractivity (Wildman–Crippen MR) is 116 cm³/mol. The van der Waals surface area contributed by atoms with E-state index < -0.39 is 0 Å². The Morgan fingerprint density at radius 2 is 1.45 bits per heavy atom. The Morgan fingerprint density at radius 1 is 0.793 bits per heavy atom. The van der Waals surface area contributed by atoms with Gasteiger partial charge in [0.25, 0.3) is 0 Å². The van der Waals surface area contributed by atoms with Crippen molar-refractivity contribution in [2.24, 2.45) is 0 Å². The minimum absolute atomic E-state index is 0.0882. The lowest BCUT2D eigenvalue weighted by Crippen LogP contribution is -2.36. The van der Waals surface area contributed by atoms with Crippen LogP contribution in [0.1, 0.15) is 11.1 Å². The summed E-state index contributed by atoms with van der Waals surface area (Å²) in [6.07, 6.45) is 0. The van der Waals surface area contributed by atoms with Gasteiger partial charge in [-0.25, -0.2) is 0 Å². The van der Waals surface area contributed by atoms with Crippen LogP contribution in [-0.4, -0.2) is 50.6 Å². The number of rotatable bonds is 8. The number of fused-ring (bicyclic) bond motifs is 1. The summed E-state index contributed by atoms with van der Waals surface area (Å²) in [4.78, 5) is 16.4. The van der Waals surface area contributed by atoms with Gasteiger partial charge in [-0.2, -0.15) is 0 Å². The summed E-state index contributed by atoms with van der Waals surface area (Å²) in [7, 11) is 7.13. The number of carbonyl (C=O) groups excluding carboxylic acids is 1. The zero-order valence-electron chi connectivity index (χ0n) is 17.5. The lowest BCUT2D eigenvalue weighted by molar-refractivity contribution is -0.131. The molecule has 5 heteroatoms. The van der Waals surface area contributed by atoms with E-state index in [0.29, 0.717) is 19.6 Å². The molecule has 0 aliphatic rings. The van der Waals surface area contributed by atoms with Crippen LogP contribution in [0.3, 0.4) is 0 Å². The maximum atomic E-state index is 12.7. The number of likely N-dealkylation sites (N-methyl/N-ethyl adjacent to an activating group) is 2. The first-order valence-corrected chi connectivity index (χ1v) is 9.60. The summed E-state index contributed by atoms with van der Waals surface area (Å²) in [6.45, 7) is 1.63. The molecule has 0 aromatic heterocycles. The molecule has 0 aliphatic carbocycles. The highest BCUT2D eigenvalue weighted by molar-refractivity contribution is 5.84. The Labute approximate surface area is 172 Å². The van der Waals surface area contributed by atoms with E-state index in [1.807, 2.05) is 61.5 Å². The highest BCUT2D eigenvalue weighted by Gasteiger charge is 2.13.